The van der Waals surface area contributed by atoms with Gasteiger partial charge >= 0.3 is 5.97 Å². The van der Waals surface area contributed by atoms with Crippen molar-refractivity contribution in [3.05, 3.63) is 12.7 Å². The third-order valence-electron chi connectivity index (χ3n) is 7.80. The lowest BCUT2D eigenvalue weighted by atomic mass is 9.68. The molecule has 6 nitrogen and oxygen atoms in total. The number of nitrogens with zero attached hydrogens (tertiary/aromatic N) is 1. The first kappa shape index (κ1) is 22.8. The molecule has 3 aliphatic rings. The minimum absolute atomic E-state index is 0.0721. The molecule has 0 radical (unpaired) electrons. The van der Waals surface area contributed by atoms with Crippen molar-refractivity contribution in [3.8, 4) is 0 Å². The van der Waals surface area contributed by atoms with E-state index in [0.29, 0.717) is 19.3 Å². The van der Waals surface area contributed by atoms with Crippen LogP contribution in [0, 0.1) is 16.7 Å². The van der Waals surface area contributed by atoms with Crippen LogP contribution in [-0.4, -0.2) is 47.9 Å². The van der Waals surface area contributed by atoms with Gasteiger partial charge < -0.3 is 9.47 Å². The van der Waals surface area contributed by atoms with Crippen molar-refractivity contribution in [2.75, 3.05) is 5.75 Å². The van der Waals surface area contributed by atoms with Gasteiger partial charge in [0.2, 0.25) is 15.8 Å². The number of esters is 1. The van der Waals surface area contributed by atoms with Crippen LogP contribution in [0.25, 0.3) is 0 Å². The summed E-state index contributed by atoms with van der Waals surface area (Å²) in [7, 11) is -3.61. The van der Waals surface area contributed by atoms with Gasteiger partial charge in [0.25, 0.3) is 0 Å². The van der Waals surface area contributed by atoms with Crippen molar-refractivity contribution in [2.24, 2.45) is 16.7 Å². The summed E-state index contributed by atoms with van der Waals surface area (Å²) in [6, 6.07) is -0.292. The Bertz CT molecular complexity index is 796. The fraction of sp³-hybridized carbons (Fsp3) is 0.864. The molecule has 29 heavy (non-hydrogen) atoms. The van der Waals surface area contributed by atoms with E-state index in [-0.39, 0.29) is 29.2 Å². The number of rotatable bonds is 7. The quantitative estimate of drug-likeness (QED) is 0.456. The Morgan fingerprint density at radius 3 is 2.28 bits per heavy atom. The zero-order valence-electron chi connectivity index (χ0n) is 18.9. The van der Waals surface area contributed by atoms with Crippen LogP contribution < -0.4 is 0 Å². The molecular formula is C22H37NO5S. The van der Waals surface area contributed by atoms with Crippen LogP contribution >= 0.6 is 0 Å². The minimum atomic E-state index is -3.61. The fourth-order valence-electron chi connectivity index (χ4n) is 6.41. The van der Waals surface area contributed by atoms with Crippen LogP contribution in [0.3, 0.4) is 0 Å². The summed E-state index contributed by atoms with van der Waals surface area (Å²) >= 11 is 0. The molecule has 0 aromatic heterocycles. The highest BCUT2D eigenvalue weighted by molar-refractivity contribution is 7.89. The normalized spacial score (nSPS) is 38.6. The molecule has 0 aromatic rings. The van der Waals surface area contributed by atoms with Crippen molar-refractivity contribution in [1.29, 1.82) is 0 Å². The second-order valence-corrected chi connectivity index (χ2v) is 12.4. The molecule has 2 saturated carbocycles. The van der Waals surface area contributed by atoms with Gasteiger partial charge in [0.15, 0.2) is 5.60 Å². The van der Waals surface area contributed by atoms with Crippen LogP contribution in [0.15, 0.2) is 12.7 Å². The standard InChI is InChI=1S/C22H37NO5S/c1-9-11-20(8)18(24)27-22(28-20)13-17-10-12-21(22,19(17,6)7)14-29(25,26)23(15(2)3)16(4)5/h9,15-17H,1,10-14H2,2-8H3/t17?,20-,21?,22?/m0/s1. The molecule has 0 amide bonds. The molecule has 4 atom stereocenters. The van der Waals surface area contributed by atoms with Gasteiger partial charge in [0.05, 0.1) is 11.2 Å². The van der Waals surface area contributed by atoms with E-state index >= 15 is 0 Å². The number of sulfonamides is 1. The third kappa shape index (κ3) is 3.02. The van der Waals surface area contributed by atoms with Crippen molar-refractivity contribution >= 4 is 16.0 Å². The van der Waals surface area contributed by atoms with Gasteiger partial charge in [-0.3, -0.25) is 0 Å². The summed E-state index contributed by atoms with van der Waals surface area (Å²) in [6.45, 7) is 17.3. The molecule has 3 fully saturated rings. The van der Waals surface area contributed by atoms with E-state index in [9.17, 15) is 13.2 Å². The van der Waals surface area contributed by atoms with Crippen molar-refractivity contribution < 1.29 is 22.7 Å². The van der Waals surface area contributed by atoms with Crippen LogP contribution in [0.5, 0.6) is 0 Å². The van der Waals surface area contributed by atoms with Gasteiger partial charge in [-0.25, -0.2) is 13.2 Å². The van der Waals surface area contributed by atoms with Crippen molar-refractivity contribution in [2.45, 2.75) is 97.6 Å². The molecule has 0 aromatic carbocycles. The Hall–Kier alpha value is -0.920. The number of hydrogen-bond donors (Lipinski definition) is 0. The van der Waals surface area contributed by atoms with E-state index in [1.54, 1.807) is 17.3 Å². The molecule has 0 N–H and O–H groups in total. The Morgan fingerprint density at radius 2 is 1.79 bits per heavy atom. The maximum absolute atomic E-state index is 13.7. The topological polar surface area (TPSA) is 72.9 Å². The average Bonchev–Trinajstić information content (AvgIpc) is 2.98. The second-order valence-electron chi connectivity index (χ2n) is 10.5. The van der Waals surface area contributed by atoms with Crippen molar-refractivity contribution in [1.82, 2.24) is 4.31 Å². The monoisotopic (exact) mass is 427 g/mol. The van der Waals surface area contributed by atoms with Gasteiger partial charge in [-0.2, -0.15) is 4.31 Å². The Balaban J connectivity index is 2.08. The van der Waals surface area contributed by atoms with Gasteiger partial charge in [0.1, 0.15) is 0 Å². The minimum Gasteiger partial charge on any atom is -0.430 e. The molecule has 7 heteroatoms. The zero-order valence-corrected chi connectivity index (χ0v) is 19.8. The van der Waals surface area contributed by atoms with Crippen LogP contribution in [0.1, 0.15) is 74.1 Å². The summed E-state index contributed by atoms with van der Waals surface area (Å²) in [5.41, 5.74) is -2.21. The summed E-state index contributed by atoms with van der Waals surface area (Å²) < 4.78 is 41.4. The summed E-state index contributed by atoms with van der Waals surface area (Å²) in [4.78, 5) is 12.8. The lowest BCUT2D eigenvalue weighted by Crippen LogP contribution is -2.57. The summed E-state index contributed by atoms with van der Waals surface area (Å²) in [5, 5.41) is 0. The predicted octanol–water partition coefficient (Wildman–Crippen LogP) is 3.87. The Morgan fingerprint density at radius 1 is 1.21 bits per heavy atom. The zero-order chi connectivity index (χ0) is 22.0. The lowest BCUT2D eigenvalue weighted by Gasteiger charge is -2.47. The molecule has 1 aliphatic heterocycles. The van der Waals surface area contributed by atoms with E-state index in [2.05, 4.69) is 20.4 Å². The van der Waals surface area contributed by atoms with Gasteiger partial charge in [0, 0.05) is 24.9 Å². The SMILES string of the molecule is C=CC[C@]1(C)OC2(CC3CCC2(CS(=O)(=O)N(C(C)C)C(C)C)C3(C)C)OC1=O. The van der Waals surface area contributed by atoms with Crippen molar-refractivity contribution in [3.63, 3.8) is 0 Å². The highest BCUT2D eigenvalue weighted by Gasteiger charge is 2.79. The first-order chi connectivity index (χ1) is 13.2. The fourth-order valence-corrected chi connectivity index (χ4v) is 9.20. The number of carbonyl (C=O) groups is 1. The van der Waals surface area contributed by atoms with Crippen LogP contribution in [-0.2, 0) is 24.3 Å². The van der Waals surface area contributed by atoms with Gasteiger partial charge in [-0.05, 0) is 58.8 Å². The molecule has 1 heterocycles. The van der Waals surface area contributed by atoms with E-state index in [1.165, 1.54) is 0 Å². The maximum atomic E-state index is 13.7. The Labute approximate surface area is 176 Å². The summed E-state index contributed by atoms with van der Waals surface area (Å²) in [6.07, 6.45) is 4.14. The largest absolute Gasteiger partial charge is 0.430 e. The number of ether oxygens (including phenoxy) is 2. The molecule has 166 valence electrons. The number of carbonyl (C=O) groups excluding carboxylic acids is 1. The Kier molecular flexibility index (Phi) is 5.33. The molecule has 1 saturated heterocycles. The van der Waals surface area contributed by atoms with Crippen LogP contribution in [0.2, 0.25) is 0 Å². The predicted molar refractivity (Wildman–Crippen MR) is 113 cm³/mol. The first-order valence-corrected chi connectivity index (χ1v) is 12.3. The molecule has 2 aliphatic carbocycles. The van der Waals surface area contributed by atoms with E-state index in [1.807, 2.05) is 27.7 Å². The molecule has 2 bridgehead atoms. The number of hydrogen-bond acceptors (Lipinski definition) is 5. The summed E-state index contributed by atoms with van der Waals surface area (Å²) in [5.74, 6) is -1.43. The lowest BCUT2D eigenvalue weighted by molar-refractivity contribution is -0.253. The average molecular weight is 428 g/mol. The van der Waals surface area contributed by atoms with E-state index in [4.69, 9.17) is 9.47 Å². The molecule has 3 rings (SSSR count). The van der Waals surface area contributed by atoms with Crippen LogP contribution in [0.4, 0.5) is 0 Å². The number of fused-ring (bicyclic) bond motifs is 3. The molecule has 1 spiro atoms. The maximum Gasteiger partial charge on any atom is 0.341 e. The highest BCUT2D eigenvalue weighted by atomic mass is 32.2. The van der Waals surface area contributed by atoms with Gasteiger partial charge in [-0.1, -0.05) is 19.9 Å². The molecular weight excluding hydrogens is 390 g/mol. The second kappa shape index (κ2) is 6.79. The van der Waals surface area contributed by atoms with E-state index in [0.717, 1.165) is 6.42 Å². The third-order valence-corrected chi connectivity index (χ3v) is 10.1. The molecule has 3 unspecified atom stereocenters. The van der Waals surface area contributed by atoms with E-state index < -0.39 is 32.8 Å². The smallest absolute Gasteiger partial charge is 0.341 e. The van der Waals surface area contributed by atoms with Gasteiger partial charge in [-0.15, -0.1) is 6.58 Å². The first-order valence-electron chi connectivity index (χ1n) is 10.7. The highest BCUT2D eigenvalue weighted by Crippen LogP contribution is 2.73.